The summed E-state index contributed by atoms with van der Waals surface area (Å²) in [4.78, 5) is 10.6. The van der Waals surface area contributed by atoms with Gasteiger partial charge in [-0.05, 0) is 13.3 Å². The Balaban J connectivity index is 3.75. The molecule has 3 heteroatoms. The quantitative estimate of drug-likeness (QED) is 0.362. The van der Waals surface area contributed by atoms with Crippen molar-refractivity contribution in [2.45, 2.75) is 20.3 Å². The fourth-order valence-electron chi connectivity index (χ4n) is 0.409. The predicted octanol–water partition coefficient (Wildman–Crippen LogP) is 0.836. The minimum absolute atomic E-state index is 0.484. The number of hydrogen-bond donors (Lipinski definition) is 1. The minimum Gasteiger partial charge on any atom is -0.436 e. The molecule has 0 saturated heterocycles. The molecule has 0 unspecified atom stereocenters. The third kappa shape index (κ3) is 4.09. The number of aliphatic hydroxyl groups excluding tert-OH is 1. The average Bonchev–Trinajstić information content (AvgIpc) is 1.88. The molecule has 0 spiro atoms. The number of rotatable bonds is 3. The smallest absolute Gasteiger partial charge is 0.332 e. The molecule has 0 aliphatic heterocycles. The number of carbonyl (C=O) groups excluding carboxylic acids is 1. The fraction of sp³-hybridized carbons (Fsp3) is 0.571. The SMILES string of the molecule is CCC(C)=CC(=O)OCO. The highest BCUT2D eigenvalue weighted by Gasteiger charge is 1.95. The molecule has 0 aromatic carbocycles. The fourth-order valence-corrected chi connectivity index (χ4v) is 0.409. The number of carbonyl (C=O) groups is 1. The second-order valence-corrected chi connectivity index (χ2v) is 1.94. The Bertz CT molecular complexity index is 138. The first-order chi connectivity index (χ1) is 4.70. The zero-order valence-corrected chi connectivity index (χ0v) is 6.26. The van der Waals surface area contributed by atoms with Gasteiger partial charge < -0.3 is 9.84 Å². The molecule has 58 valence electrons. The van der Waals surface area contributed by atoms with Crippen molar-refractivity contribution in [2.24, 2.45) is 0 Å². The van der Waals surface area contributed by atoms with Crippen molar-refractivity contribution in [1.29, 1.82) is 0 Å². The van der Waals surface area contributed by atoms with E-state index in [-0.39, 0.29) is 0 Å². The summed E-state index contributed by atoms with van der Waals surface area (Å²) in [5.74, 6) is -0.484. The number of ether oxygens (including phenoxy) is 1. The molecule has 10 heavy (non-hydrogen) atoms. The Labute approximate surface area is 60.3 Å². The van der Waals surface area contributed by atoms with E-state index in [9.17, 15) is 4.79 Å². The second kappa shape index (κ2) is 4.99. The molecule has 3 nitrogen and oxygen atoms in total. The molecule has 0 atom stereocenters. The molecular weight excluding hydrogens is 132 g/mol. The lowest BCUT2D eigenvalue weighted by Crippen LogP contribution is -2.01. The van der Waals surface area contributed by atoms with Crippen LogP contribution in [-0.2, 0) is 9.53 Å². The second-order valence-electron chi connectivity index (χ2n) is 1.94. The van der Waals surface area contributed by atoms with Crippen LogP contribution in [0.3, 0.4) is 0 Å². The zero-order chi connectivity index (χ0) is 7.98. The first kappa shape index (κ1) is 9.17. The number of aliphatic hydroxyl groups is 1. The molecule has 0 fully saturated rings. The van der Waals surface area contributed by atoms with Gasteiger partial charge in [-0.1, -0.05) is 12.5 Å². The number of esters is 1. The van der Waals surface area contributed by atoms with Crippen molar-refractivity contribution >= 4 is 5.97 Å². The van der Waals surface area contributed by atoms with Crippen LogP contribution in [0.25, 0.3) is 0 Å². The van der Waals surface area contributed by atoms with Gasteiger partial charge in [-0.25, -0.2) is 4.79 Å². The highest BCUT2D eigenvalue weighted by Crippen LogP contribution is 1.97. The van der Waals surface area contributed by atoms with Crippen molar-refractivity contribution in [3.63, 3.8) is 0 Å². The van der Waals surface area contributed by atoms with E-state index in [1.807, 2.05) is 13.8 Å². The summed E-state index contributed by atoms with van der Waals surface area (Å²) in [6.45, 7) is 3.23. The van der Waals surface area contributed by atoms with Crippen molar-refractivity contribution in [1.82, 2.24) is 0 Å². The standard InChI is InChI=1S/C7H12O3/c1-3-6(2)4-7(9)10-5-8/h4,8H,3,5H2,1-2H3. The van der Waals surface area contributed by atoms with Crippen LogP contribution in [0.2, 0.25) is 0 Å². The van der Waals surface area contributed by atoms with Crippen LogP contribution in [0.4, 0.5) is 0 Å². The third-order valence-electron chi connectivity index (χ3n) is 1.13. The van der Waals surface area contributed by atoms with E-state index in [0.717, 1.165) is 12.0 Å². The van der Waals surface area contributed by atoms with Gasteiger partial charge in [-0.15, -0.1) is 0 Å². The number of allylic oxidation sites excluding steroid dienone is 1. The lowest BCUT2D eigenvalue weighted by atomic mass is 10.2. The Morgan fingerprint density at radius 1 is 1.70 bits per heavy atom. The summed E-state index contributed by atoms with van der Waals surface area (Å²) in [6, 6.07) is 0. The van der Waals surface area contributed by atoms with E-state index in [2.05, 4.69) is 4.74 Å². The van der Waals surface area contributed by atoms with Gasteiger partial charge in [0, 0.05) is 6.08 Å². The summed E-state index contributed by atoms with van der Waals surface area (Å²) in [6.07, 6.45) is 2.19. The normalized spacial score (nSPS) is 11.3. The molecule has 0 amide bonds. The summed E-state index contributed by atoms with van der Waals surface area (Å²) >= 11 is 0. The molecule has 0 aliphatic rings. The van der Waals surface area contributed by atoms with Crippen molar-refractivity contribution in [2.75, 3.05) is 6.79 Å². The highest BCUT2D eigenvalue weighted by atomic mass is 16.6. The van der Waals surface area contributed by atoms with E-state index < -0.39 is 12.8 Å². The van der Waals surface area contributed by atoms with E-state index in [1.54, 1.807) is 0 Å². The van der Waals surface area contributed by atoms with E-state index >= 15 is 0 Å². The van der Waals surface area contributed by atoms with Gasteiger partial charge in [0.15, 0.2) is 6.79 Å². The lowest BCUT2D eigenvalue weighted by molar-refractivity contribution is -0.145. The topological polar surface area (TPSA) is 46.5 Å². The van der Waals surface area contributed by atoms with E-state index in [0.29, 0.717) is 0 Å². The van der Waals surface area contributed by atoms with Crippen molar-refractivity contribution in [3.8, 4) is 0 Å². The van der Waals surface area contributed by atoms with E-state index in [4.69, 9.17) is 5.11 Å². The largest absolute Gasteiger partial charge is 0.436 e. The van der Waals surface area contributed by atoms with Crippen LogP contribution in [0.15, 0.2) is 11.6 Å². The zero-order valence-electron chi connectivity index (χ0n) is 6.26. The van der Waals surface area contributed by atoms with Gasteiger partial charge >= 0.3 is 5.97 Å². The van der Waals surface area contributed by atoms with Gasteiger partial charge in [0.1, 0.15) is 0 Å². The van der Waals surface area contributed by atoms with Crippen molar-refractivity contribution in [3.05, 3.63) is 11.6 Å². The highest BCUT2D eigenvalue weighted by molar-refractivity contribution is 5.82. The molecule has 0 heterocycles. The van der Waals surface area contributed by atoms with Crippen LogP contribution in [0.5, 0.6) is 0 Å². The first-order valence-corrected chi connectivity index (χ1v) is 3.15. The van der Waals surface area contributed by atoms with Crippen LogP contribution in [0.1, 0.15) is 20.3 Å². The first-order valence-electron chi connectivity index (χ1n) is 3.15. The van der Waals surface area contributed by atoms with Crippen LogP contribution in [0, 0.1) is 0 Å². The molecule has 0 saturated carbocycles. The summed E-state index contributed by atoms with van der Waals surface area (Å²) in [5.41, 5.74) is 0.943. The van der Waals surface area contributed by atoms with Crippen molar-refractivity contribution < 1.29 is 14.6 Å². The van der Waals surface area contributed by atoms with Gasteiger partial charge in [0.05, 0.1) is 0 Å². The third-order valence-corrected chi connectivity index (χ3v) is 1.13. The molecule has 0 aromatic heterocycles. The molecule has 1 N–H and O–H groups in total. The van der Waals surface area contributed by atoms with E-state index in [1.165, 1.54) is 6.08 Å². The molecule has 0 radical (unpaired) electrons. The molecule has 0 aromatic rings. The molecule has 0 rings (SSSR count). The predicted molar refractivity (Wildman–Crippen MR) is 37.2 cm³/mol. The Kier molecular flexibility index (Phi) is 4.58. The minimum atomic E-state index is -0.549. The average molecular weight is 144 g/mol. The Hall–Kier alpha value is -0.830. The van der Waals surface area contributed by atoms with Crippen LogP contribution < -0.4 is 0 Å². The van der Waals surface area contributed by atoms with Crippen LogP contribution >= 0.6 is 0 Å². The van der Waals surface area contributed by atoms with Gasteiger partial charge in [0.2, 0.25) is 0 Å². The Morgan fingerprint density at radius 2 is 2.30 bits per heavy atom. The summed E-state index contributed by atoms with van der Waals surface area (Å²) in [5, 5.41) is 8.15. The maximum atomic E-state index is 10.6. The van der Waals surface area contributed by atoms with Gasteiger partial charge in [0.25, 0.3) is 0 Å². The Morgan fingerprint density at radius 3 is 2.70 bits per heavy atom. The lowest BCUT2D eigenvalue weighted by Gasteiger charge is -1.95. The summed E-state index contributed by atoms with van der Waals surface area (Å²) < 4.78 is 4.25. The van der Waals surface area contributed by atoms with Gasteiger partial charge in [-0.3, -0.25) is 0 Å². The maximum absolute atomic E-state index is 10.6. The summed E-state index contributed by atoms with van der Waals surface area (Å²) in [7, 11) is 0. The molecule has 0 aliphatic carbocycles. The van der Waals surface area contributed by atoms with Gasteiger partial charge in [-0.2, -0.15) is 0 Å². The maximum Gasteiger partial charge on any atom is 0.332 e. The van der Waals surface area contributed by atoms with Crippen LogP contribution in [-0.4, -0.2) is 17.9 Å². The number of hydrogen-bond acceptors (Lipinski definition) is 3. The molecular formula is C7H12O3. The monoisotopic (exact) mass is 144 g/mol. The molecule has 0 bridgehead atoms.